The van der Waals surface area contributed by atoms with Crippen LogP contribution in [0, 0.1) is 17.6 Å². The molecule has 1 N–H and O–H groups in total. The number of halogens is 2. The highest BCUT2D eigenvalue weighted by molar-refractivity contribution is 5.19. The third-order valence-electron chi connectivity index (χ3n) is 4.95. The largest absolute Gasteiger partial charge is 0.311 e. The quantitative estimate of drug-likeness (QED) is 0.920. The molecule has 0 aromatic heterocycles. The van der Waals surface area contributed by atoms with Crippen LogP contribution >= 0.6 is 0 Å². The minimum Gasteiger partial charge on any atom is -0.311 e. The fourth-order valence-electron chi connectivity index (χ4n) is 3.74. The van der Waals surface area contributed by atoms with Crippen molar-refractivity contribution in [2.45, 2.75) is 44.7 Å². The van der Waals surface area contributed by atoms with Crippen molar-refractivity contribution in [1.82, 2.24) is 10.2 Å². The summed E-state index contributed by atoms with van der Waals surface area (Å²) in [6.45, 7) is 3.05. The van der Waals surface area contributed by atoms with Crippen LogP contribution in [0.15, 0.2) is 18.2 Å². The van der Waals surface area contributed by atoms with Gasteiger partial charge in [-0.15, -0.1) is 0 Å². The smallest absolute Gasteiger partial charge is 0.130 e. The van der Waals surface area contributed by atoms with Crippen LogP contribution in [0.2, 0.25) is 0 Å². The highest BCUT2D eigenvalue weighted by atomic mass is 19.1. The highest BCUT2D eigenvalue weighted by Gasteiger charge is 2.28. The van der Waals surface area contributed by atoms with Gasteiger partial charge in [0.2, 0.25) is 0 Å². The molecular weight excluding hydrogens is 270 g/mol. The molecule has 0 amide bonds. The second-order valence-electron chi connectivity index (χ2n) is 6.39. The van der Waals surface area contributed by atoms with Gasteiger partial charge >= 0.3 is 0 Å². The molecule has 116 valence electrons. The van der Waals surface area contributed by atoms with E-state index in [2.05, 4.69) is 10.2 Å². The molecule has 1 aliphatic heterocycles. The zero-order chi connectivity index (χ0) is 14.7. The summed E-state index contributed by atoms with van der Waals surface area (Å²) >= 11 is 0. The summed E-state index contributed by atoms with van der Waals surface area (Å²) in [5.74, 6) is -0.127. The van der Waals surface area contributed by atoms with Crippen LogP contribution in [0.3, 0.4) is 0 Å². The lowest BCUT2D eigenvalue weighted by Crippen LogP contribution is -2.53. The van der Waals surface area contributed by atoms with Gasteiger partial charge in [0.05, 0.1) is 0 Å². The van der Waals surface area contributed by atoms with Crippen molar-refractivity contribution in [1.29, 1.82) is 0 Å². The van der Waals surface area contributed by atoms with E-state index >= 15 is 0 Å². The SMILES string of the molecule is Fc1cccc(F)c1CN1CCNC(C2CCCCC2)C1. The summed E-state index contributed by atoms with van der Waals surface area (Å²) in [5, 5.41) is 3.60. The minimum atomic E-state index is -0.428. The number of hydrogen-bond acceptors (Lipinski definition) is 2. The highest BCUT2D eigenvalue weighted by Crippen LogP contribution is 2.28. The molecule has 0 spiro atoms. The molecule has 1 atom stereocenters. The van der Waals surface area contributed by atoms with Crippen LogP contribution in [0.4, 0.5) is 8.78 Å². The Morgan fingerprint density at radius 3 is 2.52 bits per heavy atom. The first-order chi connectivity index (χ1) is 10.2. The van der Waals surface area contributed by atoms with Crippen molar-refractivity contribution in [2.75, 3.05) is 19.6 Å². The van der Waals surface area contributed by atoms with Crippen LogP contribution in [-0.2, 0) is 6.54 Å². The van der Waals surface area contributed by atoms with Crippen LogP contribution < -0.4 is 5.32 Å². The van der Waals surface area contributed by atoms with E-state index in [1.165, 1.54) is 50.3 Å². The average Bonchev–Trinajstić information content (AvgIpc) is 2.52. The molecule has 2 nitrogen and oxygen atoms in total. The molecule has 2 fully saturated rings. The molecule has 2 aliphatic rings. The van der Waals surface area contributed by atoms with Crippen LogP contribution in [0.5, 0.6) is 0 Å². The first-order valence-corrected chi connectivity index (χ1v) is 8.12. The summed E-state index contributed by atoms with van der Waals surface area (Å²) in [6, 6.07) is 4.60. The van der Waals surface area contributed by atoms with Gasteiger partial charge in [-0.25, -0.2) is 8.78 Å². The molecule has 1 aliphatic carbocycles. The predicted octanol–water partition coefficient (Wildman–Crippen LogP) is 3.32. The summed E-state index contributed by atoms with van der Waals surface area (Å²) < 4.78 is 27.5. The van der Waals surface area contributed by atoms with Crippen LogP contribution in [0.25, 0.3) is 0 Å². The lowest BCUT2D eigenvalue weighted by Gasteiger charge is -2.39. The van der Waals surface area contributed by atoms with E-state index in [-0.39, 0.29) is 5.56 Å². The molecule has 1 aromatic carbocycles. The number of nitrogens with zero attached hydrogens (tertiary/aromatic N) is 1. The molecule has 0 bridgehead atoms. The summed E-state index contributed by atoms with van der Waals surface area (Å²) in [7, 11) is 0. The van der Waals surface area contributed by atoms with E-state index in [4.69, 9.17) is 0 Å². The normalized spacial score (nSPS) is 25.1. The first kappa shape index (κ1) is 14.9. The molecule has 0 radical (unpaired) electrons. The third kappa shape index (κ3) is 3.61. The van der Waals surface area contributed by atoms with Gasteiger partial charge in [-0.3, -0.25) is 4.90 Å². The maximum Gasteiger partial charge on any atom is 0.130 e. The second-order valence-corrected chi connectivity index (χ2v) is 6.39. The Hall–Kier alpha value is -1.00. The van der Waals surface area contributed by atoms with Gasteiger partial charge in [0.25, 0.3) is 0 Å². The number of piperazine rings is 1. The third-order valence-corrected chi connectivity index (χ3v) is 4.95. The maximum atomic E-state index is 13.8. The van der Waals surface area contributed by atoms with Gasteiger partial charge in [-0.1, -0.05) is 25.3 Å². The molecule has 21 heavy (non-hydrogen) atoms. The molecule has 1 aromatic rings. The fraction of sp³-hybridized carbons (Fsp3) is 0.647. The summed E-state index contributed by atoms with van der Waals surface area (Å²) in [5.41, 5.74) is 0.210. The lowest BCUT2D eigenvalue weighted by atomic mass is 9.83. The van der Waals surface area contributed by atoms with Gasteiger partial charge in [0.15, 0.2) is 0 Å². The summed E-state index contributed by atoms with van der Waals surface area (Å²) in [4.78, 5) is 2.19. The fourth-order valence-corrected chi connectivity index (χ4v) is 3.74. The molecule has 4 heteroatoms. The zero-order valence-electron chi connectivity index (χ0n) is 12.5. The monoisotopic (exact) mass is 294 g/mol. The number of nitrogens with one attached hydrogen (secondary N) is 1. The maximum absolute atomic E-state index is 13.8. The van der Waals surface area contributed by atoms with E-state index in [0.717, 1.165) is 25.6 Å². The first-order valence-electron chi connectivity index (χ1n) is 8.12. The number of rotatable bonds is 3. The Morgan fingerprint density at radius 2 is 1.81 bits per heavy atom. The Kier molecular flexibility index (Phi) is 4.86. The predicted molar refractivity (Wildman–Crippen MR) is 80.0 cm³/mol. The van der Waals surface area contributed by atoms with E-state index in [9.17, 15) is 8.78 Å². The van der Waals surface area contributed by atoms with Crippen molar-refractivity contribution in [3.05, 3.63) is 35.4 Å². The molecule has 3 rings (SSSR count). The van der Waals surface area contributed by atoms with E-state index in [1.807, 2.05) is 0 Å². The van der Waals surface area contributed by atoms with Crippen LogP contribution in [-0.4, -0.2) is 30.6 Å². The van der Waals surface area contributed by atoms with Gasteiger partial charge in [0, 0.05) is 37.8 Å². The Bertz CT molecular complexity index is 452. The van der Waals surface area contributed by atoms with Gasteiger partial charge < -0.3 is 5.32 Å². The average molecular weight is 294 g/mol. The van der Waals surface area contributed by atoms with Crippen LogP contribution in [0.1, 0.15) is 37.7 Å². The molecule has 1 saturated heterocycles. The number of hydrogen-bond donors (Lipinski definition) is 1. The van der Waals surface area contributed by atoms with Crippen molar-refractivity contribution >= 4 is 0 Å². The summed E-state index contributed by atoms with van der Waals surface area (Å²) in [6.07, 6.45) is 6.59. The minimum absolute atomic E-state index is 0.210. The van der Waals surface area contributed by atoms with E-state index in [1.54, 1.807) is 0 Å². The second kappa shape index (κ2) is 6.84. The molecular formula is C17H24F2N2. The van der Waals surface area contributed by atoms with Crippen molar-refractivity contribution in [3.63, 3.8) is 0 Å². The lowest BCUT2D eigenvalue weighted by molar-refractivity contribution is 0.138. The Balaban J connectivity index is 1.63. The van der Waals surface area contributed by atoms with Crippen molar-refractivity contribution < 1.29 is 8.78 Å². The number of benzene rings is 1. The Morgan fingerprint density at radius 1 is 1.10 bits per heavy atom. The van der Waals surface area contributed by atoms with E-state index < -0.39 is 11.6 Å². The molecule has 1 saturated carbocycles. The van der Waals surface area contributed by atoms with Crippen molar-refractivity contribution in [2.24, 2.45) is 5.92 Å². The van der Waals surface area contributed by atoms with Gasteiger partial charge in [-0.05, 0) is 30.9 Å². The van der Waals surface area contributed by atoms with Crippen molar-refractivity contribution in [3.8, 4) is 0 Å². The Labute approximate surface area is 125 Å². The molecule has 1 unspecified atom stereocenters. The zero-order valence-corrected chi connectivity index (χ0v) is 12.5. The van der Waals surface area contributed by atoms with Gasteiger partial charge in [-0.2, -0.15) is 0 Å². The topological polar surface area (TPSA) is 15.3 Å². The van der Waals surface area contributed by atoms with Gasteiger partial charge in [0.1, 0.15) is 11.6 Å². The molecule has 1 heterocycles. The standard InChI is InChI=1S/C17H24F2N2/c18-15-7-4-8-16(19)14(15)11-21-10-9-20-17(12-21)13-5-2-1-3-6-13/h4,7-8,13,17,20H,1-3,5-6,9-12H2. The van der Waals surface area contributed by atoms with E-state index in [0.29, 0.717) is 12.6 Å².